The van der Waals surface area contributed by atoms with Crippen LogP contribution in [0.15, 0.2) is 71.6 Å². The van der Waals surface area contributed by atoms with Crippen LogP contribution in [0.3, 0.4) is 0 Å². The van der Waals surface area contributed by atoms with Crippen LogP contribution < -0.4 is 13.9 Å². The van der Waals surface area contributed by atoms with Crippen LogP contribution in [0.5, 0.6) is 5.75 Å². The molecule has 7 nitrogen and oxygen atoms in total. The number of para-hydroxylation sites is 1. The van der Waals surface area contributed by atoms with Gasteiger partial charge in [0.15, 0.2) is 11.7 Å². The molecule has 9 heteroatoms. The average molecular weight is 510 g/mol. The first kappa shape index (κ1) is 24.7. The van der Waals surface area contributed by atoms with Gasteiger partial charge in [-0.1, -0.05) is 41.2 Å². The minimum atomic E-state index is -3.68. The number of aromatic nitrogens is 1. The van der Waals surface area contributed by atoms with E-state index >= 15 is 0 Å². The SMILES string of the molecule is CCN(C(=O)COc1ccc(N(C)S(=O)(=O)c2ccc(C)cc2)cc1)c1nc2c(C)cccc2s1. The fourth-order valence-electron chi connectivity index (χ4n) is 3.59. The third kappa shape index (κ3) is 5.16. The quantitative estimate of drug-likeness (QED) is 0.327. The molecular weight excluding hydrogens is 482 g/mol. The van der Waals surface area contributed by atoms with Crippen molar-refractivity contribution in [3.63, 3.8) is 0 Å². The zero-order valence-electron chi connectivity index (χ0n) is 20.1. The number of likely N-dealkylation sites (N-methyl/N-ethyl adjacent to an activating group) is 1. The molecule has 0 fully saturated rings. The summed E-state index contributed by atoms with van der Waals surface area (Å²) in [7, 11) is -2.17. The second-order valence-electron chi connectivity index (χ2n) is 8.12. The van der Waals surface area contributed by atoms with Crippen molar-refractivity contribution in [3.05, 3.63) is 77.9 Å². The van der Waals surface area contributed by atoms with E-state index in [4.69, 9.17) is 4.74 Å². The molecule has 1 aromatic heterocycles. The van der Waals surface area contributed by atoms with Crippen molar-refractivity contribution in [3.8, 4) is 5.75 Å². The second kappa shape index (κ2) is 10.1. The molecule has 0 spiro atoms. The Morgan fingerprint density at radius 3 is 2.31 bits per heavy atom. The summed E-state index contributed by atoms with van der Waals surface area (Å²) in [6.07, 6.45) is 0. The van der Waals surface area contributed by atoms with Gasteiger partial charge >= 0.3 is 0 Å². The monoisotopic (exact) mass is 509 g/mol. The Balaban J connectivity index is 1.43. The number of sulfonamides is 1. The Kier molecular flexibility index (Phi) is 7.09. The highest BCUT2D eigenvalue weighted by molar-refractivity contribution is 7.92. The minimum absolute atomic E-state index is 0.153. The standard InChI is InChI=1S/C26H27N3O4S2/c1-5-29(26-27-25-19(3)7-6-8-23(25)34-26)24(30)17-33-21-13-11-20(12-14-21)28(4)35(31,32)22-15-9-18(2)10-16-22/h6-16H,5,17H2,1-4H3. The van der Waals surface area contributed by atoms with Crippen molar-refractivity contribution in [2.24, 2.45) is 0 Å². The molecule has 0 aliphatic heterocycles. The van der Waals surface area contributed by atoms with Gasteiger partial charge in [-0.15, -0.1) is 0 Å². The lowest BCUT2D eigenvalue weighted by Gasteiger charge is -2.20. The summed E-state index contributed by atoms with van der Waals surface area (Å²) in [6, 6.07) is 19.3. The zero-order valence-corrected chi connectivity index (χ0v) is 21.7. The summed E-state index contributed by atoms with van der Waals surface area (Å²) in [5, 5.41) is 0.642. The number of amides is 1. The lowest BCUT2D eigenvalue weighted by Crippen LogP contribution is -2.34. The molecule has 0 N–H and O–H groups in total. The van der Waals surface area contributed by atoms with Crippen LogP contribution >= 0.6 is 11.3 Å². The maximum Gasteiger partial charge on any atom is 0.266 e. The van der Waals surface area contributed by atoms with Gasteiger partial charge in [0.1, 0.15) is 5.75 Å². The largest absolute Gasteiger partial charge is 0.484 e. The van der Waals surface area contributed by atoms with Crippen LogP contribution in [-0.4, -0.2) is 39.5 Å². The number of aryl methyl sites for hydroxylation is 2. The highest BCUT2D eigenvalue weighted by Crippen LogP contribution is 2.31. The minimum Gasteiger partial charge on any atom is -0.484 e. The molecule has 0 unspecified atom stereocenters. The van der Waals surface area contributed by atoms with Gasteiger partial charge in [-0.05, 0) is 68.8 Å². The molecule has 4 rings (SSSR count). The first-order valence-electron chi connectivity index (χ1n) is 11.2. The zero-order chi connectivity index (χ0) is 25.2. The number of hydrogen-bond acceptors (Lipinski definition) is 6. The molecule has 0 saturated heterocycles. The average Bonchev–Trinajstić information content (AvgIpc) is 3.28. The molecule has 0 aliphatic rings. The molecule has 1 heterocycles. The van der Waals surface area contributed by atoms with Crippen molar-refractivity contribution in [1.82, 2.24) is 4.98 Å². The maximum absolute atomic E-state index is 12.9. The van der Waals surface area contributed by atoms with Crippen LogP contribution in [0, 0.1) is 13.8 Å². The number of nitrogens with zero attached hydrogens (tertiary/aromatic N) is 3. The van der Waals surface area contributed by atoms with Crippen LogP contribution in [0.1, 0.15) is 18.1 Å². The third-order valence-electron chi connectivity index (χ3n) is 5.70. The summed E-state index contributed by atoms with van der Waals surface area (Å²) in [5.74, 6) is 0.270. The van der Waals surface area contributed by atoms with E-state index in [1.54, 1.807) is 53.4 Å². The van der Waals surface area contributed by atoms with Crippen molar-refractivity contribution in [2.75, 3.05) is 29.4 Å². The van der Waals surface area contributed by atoms with Crippen molar-refractivity contribution in [1.29, 1.82) is 0 Å². The Morgan fingerprint density at radius 2 is 1.69 bits per heavy atom. The van der Waals surface area contributed by atoms with E-state index in [1.807, 2.05) is 39.0 Å². The van der Waals surface area contributed by atoms with Gasteiger partial charge in [0.25, 0.3) is 15.9 Å². The van der Waals surface area contributed by atoms with E-state index in [9.17, 15) is 13.2 Å². The Labute approximate surface area is 209 Å². The van der Waals surface area contributed by atoms with E-state index in [2.05, 4.69) is 4.98 Å². The Bertz CT molecular complexity index is 1450. The number of thiazole rings is 1. The lowest BCUT2D eigenvalue weighted by atomic mass is 10.2. The number of benzene rings is 3. The van der Waals surface area contributed by atoms with E-state index in [1.165, 1.54) is 22.7 Å². The van der Waals surface area contributed by atoms with Gasteiger partial charge in [0.05, 0.1) is 20.8 Å². The fraction of sp³-hybridized carbons (Fsp3) is 0.231. The van der Waals surface area contributed by atoms with E-state index in [-0.39, 0.29) is 17.4 Å². The van der Waals surface area contributed by atoms with Gasteiger partial charge in [0, 0.05) is 13.6 Å². The molecule has 1 amide bonds. The second-order valence-corrected chi connectivity index (χ2v) is 11.1. The number of rotatable bonds is 8. The van der Waals surface area contributed by atoms with Crippen molar-refractivity contribution in [2.45, 2.75) is 25.7 Å². The summed E-state index contributed by atoms with van der Waals surface area (Å²) >= 11 is 1.48. The first-order chi connectivity index (χ1) is 16.7. The molecule has 0 aliphatic carbocycles. The normalized spacial score (nSPS) is 11.4. The number of ether oxygens (including phenoxy) is 1. The summed E-state index contributed by atoms with van der Waals surface area (Å²) in [5.41, 5.74) is 3.45. The lowest BCUT2D eigenvalue weighted by molar-refractivity contribution is -0.120. The predicted molar refractivity (Wildman–Crippen MR) is 141 cm³/mol. The summed E-state index contributed by atoms with van der Waals surface area (Å²) in [4.78, 5) is 19.4. The molecular formula is C26H27N3O4S2. The van der Waals surface area contributed by atoms with E-state index in [0.717, 1.165) is 21.3 Å². The molecule has 182 valence electrons. The number of carbonyl (C=O) groups excluding carboxylic acids is 1. The predicted octanol–water partition coefficient (Wildman–Crippen LogP) is 5.17. The van der Waals surface area contributed by atoms with Gasteiger partial charge in [-0.2, -0.15) is 0 Å². The Hall–Kier alpha value is -3.43. The molecule has 35 heavy (non-hydrogen) atoms. The first-order valence-corrected chi connectivity index (χ1v) is 13.4. The highest BCUT2D eigenvalue weighted by Gasteiger charge is 2.22. The molecule has 4 aromatic rings. The van der Waals surface area contributed by atoms with Crippen LogP contribution in [0.2, 0.25) is 0 Å². The topological polar surface area (TPSA) is 79.8 Å². The summed E-state index contributed by atoms with van der Waals surface area (Å²) < 4.78 is 33.8. The number of fused-ring (bicyclic) bond motifs is 1. The maximum atomic E-state index is 12.9. The van der Waals surface area contributed by atoms with Crippen LogP contribution in [0.25, 0.3) is 10.2 Å². The van der Waals surface area contributed by atoms with Crippen molar-refractivity contribution < 1.29 is 17.9 Å². The molecule has 3 aromatic carbocycles. The summed E-state index contributed by atoms with van der Waals surface area (Å²) in [6.45, 7) is 6.13. The van der Waals surface area contributed by atoms with Gasteiger partial charge in [0.2, 0.25) is 0 Å². The smallest absolute Gasteiger partial charge is 0.266 e. The molecule has 0 radical (unpaired) electrons. The fourth-order valence-corrected chi connectivity index (χ4v) is 5.91. The molecule has 0 atom stereocenters. The molecule has 0 saturated carbocycles. The van der Waals surface area contributed by atoms with E-state index in [0.29, 0.717) is 23.1 Å². The number of anilines is 2. The Morgan fingerprint density at radius 1 is 1.00 bits per heavy atom. The van der Waals surface area contributed by atoms with Gasteiger partial charge in [-0.25, -0.2) is 13.4 Å². The molecule has 0 bridgehead atoms. The highest BCUT2D eigenvalue weighted by atomic mass is 32.2. The number of carbonyl (C=O) groups is 1. The van der Waals surface area contributed by atoms with Gasteiger partial charge in [-0.3, -0.25) is 14.0 Å². The van der Waals surface area contributed by atoms with Crippen LogP contribution in [0.4, 0.5) is 10.8 Å². The number of hydrogen-bond donors (Lipinski definition) is 0. The van der Waals surface area contributed by atoms with Gasteiger partial charge < -0.3 is 4.74 Å². The van der Waals surface area contributed by atoms with Crippen LogP contribution in [-0.2, 0) is 14.8 Å². The third-order valence-corrected chi connectivity index (χ3v) is 8.54. The van der Waals surface area contributed by atoms with E-state index < -0.39 is 10.0 Å². The van der Waals surface area contributed by atoms with Crippen molar-refractivity contribution >= 4 is 48.3 Å².